The first kappa shape index (κ1) is 18.9. The number of nitrogens with zero attached hydrogens (tertiary/aromatic N) is 3. The number of anilines is 1. The Morgan fingerprint density at radius 1 is 1.23 bits per heavy atom. The van der Waals surface area contributed by atoms with Gasteiger partial charge in [-0.05, 0) is 26.0 Å². The van der Waals surface area contributed by atoms with Gasteiger partial charge in [-0.15, -0.1) is 0 Å². The lowest BCUT2D eigenvalue weighted by atomic mass is 10.2. The number of aromatic nitrogens is 1. The molecule has 6 nitrogen and oxygen atoms in total. The molecule has 0 radical (unpaired) electrons. The van der Waals surface area contributed by atoms with Crippen molar-refractivity contribution in [3.8, 4) is 10.8 Å². The minimum Gasteiger partial charge on any atom is -0.498 e. The van der Waals surface area contributed by atoms with Crippen molar-refractivity contribution in [2.24, 2.45) is 0 Å². The molecule has 3 rings (SSSR count). The fourth-order valence-electron chi connectivity index (χ4n) is 3.26. The molecule has 0 saturated carbocycles. The zero-order valence-electron chi connectivity index (χ0n) is 15.4. The van der Waals surface area contributed by atoms with Crippen LogP contribution in [0.4, 0.5) is 5.69 Å². The number of aliphatic hydroxyl groups excluding tert-OH is 1. The van der Waals surface area contributed by atoms with Crippen LogP contribution in [0.25, 0.3) is 0 Å². The Bertz CT molecular complexity index is 694. The molecule has 7 heteroatoms. The molecule has 26 heavy (non-hydrogen) atoms. The van der Waals surface area contributed by atoms with E-state index in [1.165, 1.54) is 11.3 Å². The fourth-order valence-corrected chi connectivity index (χ4v) is 4.14. The SMILES string of the molecule is CCOc1ccccc1N1CCN(CC(O)Cc2nc(C)c(O)s2)CC1. The number of β-amino-alcohol motifs (C(OH)–C–C–N with tert-alkyl or cyclic N) is 1. The van der Waals surface area contributed by atoms with E-state index in [1.54, 1.807) is 6.92 Å². The zero-order valence-corrected chi connectivity index (χ0v) is 16.2. The second-order valence-corrected chi connectivity index (χ2v) is 7.61. The van der Waals surface area contributed by atoms with Crippen LogP contribution >= 0.6 is 11.3 Å². The van der Waals surface area contributed by atoms with Gasteiger partial charge >= 0.3 is 0 Å². The largest absolute Gasteiger partial charge is 0.498 e. The van der Waals surface area contributed by atoms with Crippen LogP contribution in [0.3, 0.4) is 0 Å². The van der Waals surface area contributed by atoms with Crippen molar-refractivity contribution < 1.29 is 14.9 Å². The zero-order chi connectivity index (χ0) is 18.5. The van der Waals surface area contributed by atoms with Gasteiger partial charge in [-0.2, -0.15) is 0 Å². The quantitative estimate of drug-likeness (QED) is 0.772. The normalized spacial score (nSPS) is 16.7. The Morgan fingerprint density at radius 2 is 1.96 bits per heavy atom. The van der Waals surface area contributed by atoms with Crippen molar-refractivity contribution in [1.29, 1.82) is 0 Å². The molecule has 0 spiro atoms. The number of aliphatic hydroxyl groups is 1. The van der Waals surface area contributed by atoms with Gasteiger partial charge < -0.3 is 19.8 Å². The average molecular weight is 378 g/mol. The van der Waals surface area contributed by atoms with Crippen LogP contribution in [-0.4, -0.2) is 65.5 Å². The summed E-state index contributed by atoms with van der Waals surface area (Å²) < 4.78 is 5.74. The molecule has 1 aromatic carbocycles. The van der Waals surface area contributed by atoms with E-state index in [0.717, 1.165) is 42.6 Å². The molecule has 2 aromatic rings. The minimum absolute atomic E-state index is 0.244. The van der Waals surface area contributed by atoms with Gasteiger partial charge in [0.2, 0.25) is 0 Å². The van der Waals surface area contributed by atoms with Gasteiger partial charge in [-0.3, -0.25) is 4.90 Å². The highest BCUT2D eigenvalue weighted by Crippen LogP contribution is 2.29. The van der Waals surface area contributed by atoms with Crippen LogP contribution in [0.1, 0.15) is 17.6 Å². The Hall–Kier alpha value is -1.83. The van der Waals surface area contributed by atoms with Crippen LogP contribution in [0.2, 0.25) is 0 Å². The number of hydrogen-bond acceptors (Lipinski definition) is 7. The third-order valence-electron chi connectivity index (χ3n) is 4.57. The van der Waals surface area contributed by atoms with Crippen molar-refractivity contribution >= 4 is 17.0 Å². The number of aryl methyl sites for hydroxylation is 1. The molecule has 1 aliphatic rings. The standard InChI is InChI=1S/C19H27N3O3S/c1-3-25-17-7-5-4-6-16(17)22-10-8-21(9-11-22)13-15(23)12-18-20-14(2)19(24)26-18/h4-7,15,23-24H,3,8-13H2,1-2H3. The number of para-hydroxylation sites is 2. The summed E-state index contributed by atoms with van der Waals surface area (Å²) in [5.41, 5.74) is 1.78. The summed E-state index contributed by atoms with van der Waals surface area (Å²) in [4.78, 5) is 8.92. The van der Waals surface area contributed by atoms with Gasteiger partial charge in [-0.1, -0.05) is 23.5 Å². The van der Waals surface area contributed by atoms with E-state index in [9.17, 15) is 10.2 Å². The second kappa shape index (κ2) is 8.70. The summed E-state index contributed by atoms with van der Waals surface area (Å²) in [7, 11) is 0. The Kier molecular flexibility index (Phi) is 6.34. The molecule has 1 aliphatic heterocycles. The Balaban J connectivity index is 1.50. The van der Waals surface area contributed by atoms with Crippen molar-refractivity contribution in [3.63, 3.8) is 0 Å². The first-order chi connectivity index (χ1) is 12.6. The topological polar surface area (TPSA) is 69.1 Å². The highest BCUT2D eigenvalue weighted by Gasteiger charge is 2.22. The molecular formula is C19H27N3O3S. The van der Waals surface area contributed by atoms with Crippen LogP contribution in [-0.2, 0) is 6.42 Å². The van der Waals surface area contributed by atoms with Crippen molar-refractivity contribution in [2.75, 3.05) is 44.2 Å². The third kappa shape index (κ3) is 4.66. The molecule has 0 aliphatic carbocycles. The number of thiazole rings is 1. The van der Waals surface area contributed by atoms with Crippen LogP contribution in [0, 0.1) is 6.92 Å². The maximum absolute atomic E-state index is 10.4. The smallest absolute Gasteiger partial charge is 0.194 e. The van der Waals surface area contributed by atoms with Crippen LogP contribution < -0.4 is 9.64 Å². The number of hydrogen-bond donors (Lipinski definition) is 2. The fraction of sp³-hybridized carbons (Fsp3) is 0.526. The molecule has 2 heterocycles. The Labute approximate surface area is 158 Å². The van der Waals surface area contributed by atoms with Crippen LogP contribution in [0.15, 0.2) is 24.3 Å². The first-order valence-electron chi connectivity index (χ1n) is 9.09. The number of ether oxygens (including phenoxy) is 1. The van der Waals surface area contributed by atoms with E-state index in [0.29, 0.717) is 25.3 Å². The lowest BCUT2D eigenvalue weighted by Crippen LogP contribution is -2.49. The molecule has 1 aromatic heterocycles. The molecule has 1 unspecified atom stereocenters. The average Bonchev–Trinajstić information content (AvgIpc) is 2.93. The van der Waals surface area contributed by atoms with Crippen molar-refractivity contribution in [3.05, 3.63) is 35.0 Å². The molecule has 1 saturated heterocycles. The summed E-state index contributed by atoms with van der Waals surface area (Å²) in [6.07, 6.45) is 0.0154. The van der Waals surface area contributed by atoms with E-state index in [-0.39, 0.29) is 5.06 Å². The van der Waals surface area contributed by atoms with Crippen molar-refractivity contribution in [2.45, 2.75) is 26.4 Å². The highest BCUT2D eigenvalue weighted by atomic mass is 32.1. The summed E-state index contributed by atoms with van der Waals surface area (Å²) in [5.74, 6) is 0.933. The molecule has 0 bridgehead atoms. The van der Waals surface area contributed by atoms with Crippen LogP contribution in [0.5, 0.6) is 10.8 Å². The van der Waals surface area contributed by atoms with Gasteiger partial charge in [0.25, 0.3) is 0 Å². The number of aromatic hydroxyl groups is 1. The van der Waals surface area contributed by atoms with Gasteiger partial charge in [0.1, 0.15) is 5.75 Å². The molecule has 1 atom stereocenters. The highest BCUT2D eigenvalue weighted by molar-refractivity contribution is 7.13. The molecular weight excluding hydrogens is 350 g/mol. The van der Waals surface area contributed by atoms with Gasteiger partial charge in [0.05, 0.1) is 29.1 Å². The third-order valence-corrected chi connectivity index (χ3v) is 5.56. The van der Waals surface area contributed by atoms with Gasteiger partial charge in [-0.25, -0.2) is 4.98 Å². The summed E-state index contributed by atoms with van der Waals surface area (Å²) in [6.45, 7) is 8.69. The Morgan fingerprint density at radius 3 is 2.62 bits per heavy atom. The summed E-state index contributed by atoms with van der Waals surface area (Å²) >= 11 is 1.25. The van der Waals surface area contributed by atoms with E-state index in [4.69, 9.17) is 4.74 Å². The van der Waals surface area contributed by atoms with Gasteiger partial charge in [0, 0.05) is 39.1 Å². The molecule has 0 amide bonds. The van der Waals surface area contributed by atoms with E-state index in [1.807, 2.05) is 25.1 Å². The minimum atomic E-state index is -0.470. The lowest BCUT2D eigenvalue weighted by Gasteiger charge is -2.37. The number of rotatable bonds is 7. The molecule has 1 fully saturated rings. The maximum Gasteiger partial charge on any atom is 0.194 e. The van der Waals surface area contributed by atoms with E-state index in [2.05, 4.69) is 20.9 Å². The second-order valence-electron chi connectivity index (χ2n) is 6.54. The lowest BCUT2D eigenvalue weighted by molar-refractivity contribution is 0.109. The predicted molar refractivity (Wildman–Crippen MR) is 104 cm³/mol. The molecule has 142 valence electrons. The predicted octanol–water partition coefficient (Wildman–Crippen LogP) is 2.28. The molecule has 2 N–H and O–H groups in total. The number of piperazine rings is 1. The monoisotopic (exact) mass is 377 g/mol. The maximum atomic E-state index is 10.4. The van der Waals surface area contributed by atoms with Gasteiger partial charge in [0.15, 0.2) is 5.06 Å². The number of benzene rings is 1. The summed E-state index contributed by atoms with van der Waals surface area (Å²) in [5, 5.41) is 21.0. The van der Waals surface area contributed by atoms with E-state index < -0.39 is 6.10 Å². The van der Waals surface area contributed by atoms with Crippen molar-refractivity contribution in [1.82, 2.24) is 9.88 Å². The first-order valence-corrected chi connectivity index (χ1v) is 9.91. The van der Waals surface area contributed by atoms with E-state index >= 15 is 0 Å². The summed E-state index contributed by atoms with van der Waals surface area (Å²) in [6, 6.07) is 8.16.